The summed E-state index contributed by atoms with van der Waals surface area (Å²) >= 11 is 9.50. The molecule has 0 unspecified atom stereocenters. The Morgan fingerprint density at radius 1 is 1.15 bits per heavy atom. The van der Waals surface area contributed by atoms with E-state index in [9.17, 15) is 10.1 Å². The van der Waals surface area contributed by atoms with E-state index < -0.39 is 5.91 Å². The second-order valence-electron chi connectivity index (χ2n) is 7.11. The van der Waals surface area contributed by atoms with E-state index in [1.807, 2.05) is 44.2 Å². The number of nitrogens with one attached hydrogen (secondary N) is 1. The lowest BCUT2D eigenvalue weighted by molar-refractivity contribution is -0.112. The molecule has 7 heteroatoms. The second-order valence-corrected chi connectivity index (χ2v) is 8.40. The maximum absolute atomic E-state index is 12.6. The van der Waals surface area contributed by atoms with Crippen molar-refractivity contribution in [3.63, 3.8) is 0 Å². The molecule has 3 rings (SSSR count). The van der Waals surface area contributed by atoms with Crippen LogP contribution in [0, 0.1) is 18.3 Å². The molecule has 0 aliphatic carbocycles. The number of carbonyl (C=O) groups excluding carboxylic acids is 1. The number of carbonyl (C=O) groups is 1. The molecule has 0 fully saturated rings. The Kier molecular flexibility index (Phi) is 8.53. The number of rotatable bonds is 8. The van der Waals surface area contributed by atoms with E-state index in [2.05, 4.69) is 21.2 Å². The quantitative estimate of drug-likeness (QED) is 0.256. The Balaban J connectivity index is 1.86. The number of benzene rings is 3. The second kappa shape index (κ2) is 11.6. The van der Waals surface area contributed by atoms with Crippen LogP contribution >= 0.6 is 27.5 Å². The summed E-state index contributed by atoms with van der Waals surface area (Å²) in [5.74, 6) is 0.534. The molecule has 0 heterocycles. The van der Waals surface area contributed by atoms with Crippen LogP contribution in [0.15, 0.2) is 70.7 Å². The van der Waals surface area contributed by atoms with Crippen molar-refractivity contribution in [1.82, 2.24) is 0 Å². The molecule has 0 bridgehead atoms. The van der Waals surface area contributed by atoms with Gasteiger partial charge in [0, 0.05) is 10.7 Å². The molecule has 0 aliphatic heterocycles. The van der Waals surface area contributed by atoms with Crippen LogP contribution in [-0.4, -0.2) is 12.5 Å². The summed E-state index contributed by atoms with van der Waals surface area (Å²) in [6.45, 7) is 4.72. The third-order valence-electron chi connectivity index (χ3n) is 4.72. The molecule has 33 heavy (non-hydrogen) atoms. The first-order valence-electron chi connectivity index (χ1n) is 10.2. The SMILES string of the molecule is CCOc1cc(/C=C(\C#N)C(=O)Nc2cccc(Cl)c2)cc(Br)c1OCc1ccccc1C. The molecular weight excluding hydrogens is 504 g/mol. The third-order valence-corrected chi connectivity index (χ3v) is 5.55. The summed E-state index contributed by atoms with van der Waals surface area (Å²) in [6.07, 6.45) is 1.50. The molecule has 0 radical (unpaired) electrons. The smallest absolute Gasteiger partial charge is 0.266 e. The number of ether oxygens (including phenoxy) is 2. The van der Waals surface area contributed by atoms with Crippen LogP contribution in [0.4, 0.5) is 5.69 Å². The van der Waals surface area contributed by atoms with E-state index in [0.717, 1.165) is 11.1 Å². The Bertz CT molecular complexity index is 1230. The van der Waals surface area contributed by atoms with Gasteiger partial charge >= 0.3 is 0 Å². The minimum atomic E-state index is -0.534. The molecule has 1 amide bonds. The van der Waals surface area contributed by atoms with Gasteiger partial charge in [-0.15, -0.1) is 0 Å². The fourth-order valence-corrected chi connectivity index (χ4v) is 3.84. The topological polar surface area (TPSA) is 71.3 Å². The molecule has 1 N–H and O–H groups in total. The predicted molar refractivity (Wildman–Crippen MR) is 134 cm³/mol. The monoisotopic (exact) mass is 524 g/mol. The van der Waals surface area contributed by atoms with Gasteiger partial charge in [0.05, 0.1) is 11.1 Å². The molecule has 0 saturated heterocycles. The zero-order valence-corrected chi connectivity index (χ0v) is 20.5. The van der Waals surface area contributed by atoms with E-state index in [-0.39, 0.29) is 5.57 Å². The maximum Gasteiger partial charge on any atom is 0.266 e. The summed E-state index contributed by atoms with van der Waals surface area (Å²) in [5, 5.41) is 12.7. The van der Waals surface area contributed by atoms with Gasteiger partial charge in [-0.3, -0.25) is 4.79 Å². The molecule has 0 aliphatic rings. The number of anilines is 1. The van der Waals surface area contributed by atoms with Crippen LogP contribution in [-0.2, 0) is 11.4 Å². The molecule has 0 saturated carbocycles. The summed E-state index contributed by atoms with van der Waals surface area (Å²) in [5.41, 5.74) is 3.27. The number of aryl methyl sites for hydroxylation is 1. The van der Waals surface area contributed by atoms with Gasteiger partial charge in [0.15, 0.2) is 11.5 Å². The van der Waals surface area contributed by atoms with Crippen molar-refractivity contribution in [2.45, 2.75) is 20.5 Å². The number of nitriles is 1. The third kappa shape index (κ3) is 6.61. The number of halogens is 2. The molecule has 168 valence electrons. The fourth-order valence-electron chi connectivity index (χ4n) is 3.08. The van der Waals surface area contributed by atoms with Crippen LogP contribution in [0.25, 0.3) is 6.08 Å². The molecule has 3 aromatic rings. The normalized spacial score (nSPS) is 10.9. The highest BCUT2D eigenvalue weighted by Crippen LogP contribution is 2.38. The minimum Gasteiger partial charge on any atom is -0.490 e. The molecule has 0 aromatic heterocycles. The van der Waals surface area contributed by atoms with Crippen molar-refractivity contribution < 1.29 is 14.3 Å². The lowest BCUT2D eigenvalue weighted by atomic mass is 10.1. The van der Waals surface area contributed by atoms with Crippen molar-refractivity contribution in [3.05, 3.63) is 92.4 Å². The van der Waals surface area contributed by atoms with Crippen LogP contribution in [0.1, 0.15) is 23.6 Å². The van der Waals surface area contributed by atoms with Gasteiger partial charge in [0.1, 0.15) is 18.2 Å². The Morgan fingerprint density at radius 3 is 2.64 bits per heavy atom. The van der Waals surface area contributed by atoms with Crippen LogP contribution in [0.3, 0.4) is 0 Å². The first-order valence-corrected chi connectivity index (χ1v) is 11.4. The lowest BCUT2D eigenvalue weighted by Crippen LogP contribution is -2.13. The highest BCUT2D eigenvalue weighted by molar-refractivity contribution is 9.10. The van der Waals surface area contributed by atoms with Crippen molar-refractivity contribution in [1.29, 1.82) is 5.26 Å². The molecule has 0 atom stereocenters. The van der Waals surface area contributed by atoms with Gasteiger partial charge in [-0.2, -0.15) is 5.26 Å². The van der Waals surface area contributed by atoms with Gasteiger partial charge < -0.3 is 14.8 Å². The highest BCUT2D eigenvalue weighted by Gasteiger charge is 2.15. The van der Waals surface area contributed by atoms with Gasteiger partial charge in [-0.05, 0) is 82.9 Å². The average molecular weight is 526 g/mol. The van der Waals surface area contributed by atoms with Crippen molar-refractivity contribution in [3.8, 4) is 17.6 Å². The number of nitrogens with zero attached hydrogens (tertiary/aromatic N) is 1. The van der Waals surface area contributed by atoms with Gasteiger partial charge in [0.2, 0.25) is 0 Å². The highest BCUT2D eigenvalue weighted by atomic mass is 79.9. The number of hydrogen-bond donors (Lipinski definition) is 1. The average Bonchev–Trinajstić information content (AvgIpc) is 2.78. The van der Waals surface area contributed by atoms with E-state index in [1.165, 1.54) is 6.08 Å². The Hall–Kier alpha value is -3.27. The molecule has 3 aromatic carbocycles. The maximum atomic E-state index is 12.6. The summed E-state index contributed by atoms with van der Waals surface area (Å²) in [4.78, 5) is 12.6. The van der Waals surface area contributed by atoms with E-state index in [0.29, 0.717) is 45.5 Å². The Labute approximate surface area is 206 Å². The zero-order chi connectivity index (χ0) is 23.8. The largest absolute Gasteiger partial charge is 0.490 e. The van der Waals surface area contributed by atoms with Crippen LogP contribution < -0.4 is 14.8 Å². The van der Waals surface area contributed by atoms with E-state index in [1.54, 1.807) is 36.4 Å². The summed E-state index contributed by atoms with van der Waals surface area (Å²) < 4.78 is 12.5. The Morgan fingerprint density at radius 2 is 1.94 bits per heavy atom. The minimum absolute atomic E-state index is 0.0575. The number of amides is 1. The predicted octanol–water partition coefficient (Wildman–Crippen LogP) is 6.93. The molecular formula is C26H22BrClN2O3. The van der Waals surface area contributed by atoms with Crippen LogP contribution in [0.2, 0.25) is 5.02 Å². The fraction of sp³-hybridized carbons (Fsp3) is 0.154. The van der Waals surface area contributed by atoms with E-state index in [4.69, 9.17) is 21.1 Å². The standard InChI is InChI=1S/C26H22BrClN2O3/c1-3-32-24-13-18(11-20(15-29)26(31)30-22-10-6-9-21(28)14-22)12-23(27)25(24)33-16-19-8-5-4-7-17(19)2/h4-14H,3,16H2,1-2H3,(H,30,31)/b20-11+. The lowest BCUT2D eigenvalue weighted by Gasteiger charge is -2.15. The molecule has 0 spiro atoms. The van der Waals surface area contributed by atoms with Crippen molar-refractivity contribution in [2.24, 2.45) is 0 Å². The summed E-state index contributed by atoms with van der Waals surface area (Å²) in [6, 6.07) is 20.2. The zero-order valence-electron chi connectivity index (χ0n) is 18.2. The van der Waals surface area contributed by atoms with Gasteiger partial charge in [0.25, 0.3) is 5.91 Å². The molecule has 5 nitrogen and oxygen atoms in total. The van der Waals surface area contributed by atoms with Crippen molar-refractivity contribution in [2.75, 3.05) is 11.9 Å². The van der Waals surface area contributed by atoms with E-state index >= 15 is 0 Å². The first-order chi connectivity index (χ1) is 15.9. The van der Waals surface area contributed by atoms with Gasteiger partial charge in [-0.1, -0.05) is 41.9 Å². The number of hydrogen-bond acceptors (Lipinski definition) is 4. The van der Waals surface area contributed by atoms with Crippen molar-refractivity contribution >= 4 is 45.2 Å². The van der Waals surface area contributed by atoms with Gasteiger partial charge in [-0.25, -0.2) is 0 Å². The first kappa shape index (κ1) is 24.4. The summed E-state index contributed by atoms with van der Waals surface area (Å²) in [7, 11) is 0. The van der Waals surface area contributed by atoms with Crippen LogP contribution in [0.5, 0.6) is 11.5 Å².